The number of rotatable bonds is 3. The number of pyridine rings is 1. The van der Waals surface area contributed by atoms with Gasteiger partial charge in [0.05, 0.1) is 6.04 Å². The lowest BCUT2D eigenvalue weighted by Gasteiger charge is -2.21. The number of benzene rings is 1. The summed E-state index contributed by atoms with van der Waals surface area (Å²) in [6, 6.07) is 11.1. The average Bonchev–Trinajstić information content (AvgIpc) is 2.34. The molecule has 100 valence electrons. The Labute approximate surface area is 115 Å². The van der Waals surface area contributed by atoms with Crippen molar-refractivity contribution in [2.45, 2.75) is 33.7 Å². The van der Waals surface area contributed by atoms with Crippen LogP contribution in [0.1, 0.15) is 39.7 Å². The van der Waals surface area contributed by atoms with Crippen LogP contribution in [0.25, 0.3) is 0 Å². The lowest BCUT2D eigenvalue weighted by Crippen LogP contribution is -2.20. The van der Waals surface area contributed by atoms with Crippen LogP contribution in [-0.2, 0) is 0 Å². The number of nitrogens with zero attached hydrogens (tertiary/aromatic N) is 1. The van der Waals surface area contributed by atoms with Gasteiger partial charge in [0.2, 0.25) is 0 Å². The zero-order valence-electron chi connectivity index (χ0n) is 12.4. The van der Waals surface area contributed by atoms with Gasteiger partial charge in [-0.15, -0.1) is 0 Å². The third-order valence-corrected chi connectivity index (χ3v) is 3.60. The van der Waals surface area contributed by atoms with Gasteiger partial charge < -0.3 is 5.32 Å². The molecule has 0 saturated heterocycles. The molecule has 0 aliphatic carbocycles. The van der Waals surface area contributed by atoms with Crippen molar-refractivity contribution in [3.05, 3.63) is 64.0 Å². The molecule has 1 N–H and O–H groups in total. The molecule has 0 aliphatic heterocycles. The number of hydrogen-bond acceptors (Lipinski definition) is 2. The van der Waals surface area contributed by atoms with Gasteiger partial charge in [0.15, 0.2) is 0 Å². The summed E-state index contributed by atoms with van der Waals surface area (Å²) in [7, 11) is 2.00. The van der Waals surface area contributed by atoms with Crippen molar-refractivity contribution in [3.8, 4) is 0 Å². The van der Waals surface area contributed by atoms with E-state index in [9.17, 15) is 0 Å². The van der Waals surface area contributed by atoms with E-state index in [0.29, 0.717) is 0 Å². The first-order valence-corrected chi connectivity index (χ1v) is 6.71. The van der Waals surface area contributed by atoms with Gasteiger partial charge in [-0.25, -0.2) is 0 Å². The summed E-state index contributed by atoms with van der Waals surface area (Å²) in [5.74, 6) is 0. The molecule has 0 fully saturated rings. The molecule has 2 aromatic rings. The smallest absolute Gasteiger partial charge is 0.0594 e. The fourth-order valence-corrected chi connectivity index (χ4v) is 2.63. The Balaban J connectivity index is 2.50. The Hall–Kier alpha value is -1.67. The summed E-state index contributed by atoms with van der Waals surface area (Å²) in [4.78, 5) is 4.58. The van der Waals surface area contributed by atoms with Crippen molar-refractivity contribution >= 4 is 0 Å². The van der Waals surface area contributed by atoms with Crippen molar-refractivity contribution < 1.29 is 0 Å². The van der Waals surface area contributed by atoms with E-state index in [1.165, 1.54) is 22.3 Å². The van der Waals surface area contributed by atoms with E-state index in [-0.39, 0.29) is 6.04 Å². The van der Waals surface area contributed by atoms with Crippen LogP contribution in [0.4, 0.5) is 0 Å². The highest BCUT2D eigenvalue weighted by Crippen LogP contribution is 2.27. The van der Waals surface area contributed by atoms with Crippen molar-refractivity contribution in [1.29, 1.82) is 0 Å². The fraction of sp³-hybridized carbons (Fsp3) is 0.353. The predicted molar refractivity (Wildman–Crippen MR) is 80.5 cm³/mol. The van der Waals surface area contributed by atoms with Gasteiger partial charge in [-0.1, -0.05) is 29.8 Å². The molecular weight excluding hydrogens is 232 g/mol. The van der Waals surface area contributed by atoms with Gasteiger partial charge >= 0.3 is 0 Å². The Kier molecular flexibility index (Phi) is 4.01. The molecule has 1 aromatic carbocycles. The normalized spacial score (nSPS) is 12.5. The van der Waals surface area contributed by atoms with E-state index in [1.54, 1.807) is 0 Å². The summed E-state index contributed by atoms with van der Waals surface area (Å²) in [6.07, 6.45) is 0. The van der Waals surface area contributed by atoms with E-state index in [2.05, 4.69) is 61.4 Å². The largest absolute Gasteiger partial charge is 0.309 e. The molecule has 1 atom stereocenters. The third-order valence-electron chi connectivity index (χ3n) is 3.60. The van der Waals surface area contributed by atoms with Crippen LogP contribution >= 0.6 is 0 Å². The molecular formula is C17H22N2. The zero-order valence-corrected chi connectivity index (χ0v) is 12.4. The van der Waals surface area contributed by atoms with Gasteiger partial charge in [-0.3, -0.25) is 4.98 Å². The molecule has 0 aliphatic rings. The predicted octanol–water partition coefficient (Wildman–Crippen LogP) is 3.62. The van der Waals surface area contributed by atoms with Crippen LogP contribution in [0, 0.1) is 27.7 Å². The number of hydrogen-bond donors (Lipinski definition) is 1. The molecule has 2 rings (SSSR count). The lowest BCUT2D eigenvalue weighted by molar-refractivity contribution is 0.678. The Morgan fingerprint density at radius 2 is 1.63 bits per heavy atom. The van der Waals surface area contributed by atoms with E-state index >= 15 is 0 Å². The highest BCUT2D eigenvalue weighted by Gasteiger charge is 2.16. The second kappa shape index (κ2) is 5.54. The van der Waals surface area contributed by atoms with Gasteiger partial charge in [-0.2, -0.15) is 0 Å². The topological polar surface area (TPSA) is 24.9 Å². The Morgan fingerprint density at radius 1 is 0.947 bits per heavy atom. The van der Waals surface area contributed by atoms with E-state index in [1.807, 2.05) is 14.0 Å². The van der Waals surface area contributed by atoms with Crippen molar-refractivity contribution in [2.24, 2.45) is 0 Å². The molecule has 0 saturated carbocycles. The van der Waals surface area contributed by atoms with Crippen LogP contribution in [0.2, 0.25) is 0 Å². The van der Waals surface area contributed by atoms with Crippen molar-refractivity contribution in [1.82, 2.24) is 10.3 Å². The summed E-state index contributed by atoms with van der Waals surface area (Å²) in [5.41, 5.74) is 7.35. The van der Waals surface area contributed by atoms with E-state index < -0.39 is 0 Å². The number of aryl methyl sites for hydroxylation is 4. The van der Waals surface area contributed by atoms with Crippen LogP contribution in [0.15, 0.2) is 30.3 Å². The molecule has 0 bridgehead atoms. The molecule has 0 radical (unpaired) electrons. The Morgan fingerprint density at radius 3 is 2.21 bits per heavy atom. The quantitative estimate of drug-likeness (QED) is 0.905. The highest BCUT2D eigenvalue weighted by molar-refractivity contribution is 5.40. The molecule has 0 spiro atoms. The van der Waals surface area contributed by atoms with Gasteiger partial charge in [-0.05, 0) is 57.5 Å². The molecule has 2 nitrogen and oxygen atoms in total. The first kappa shape index (κ1) is 13.8. The van der Waals surface area contributed by atoms with Crippen LogP contribution in [0.3, 0.4) is 0 Å². The van der Waals surface area contributed by atoms with Crippen molar-refractivity contribution in [3.63, 3.8) is 0 Å². The fourth-order valence-electron chi connectivity index (χ4n) is 2.63. The van der Waals surface area contributed by atoms with Crippen LogP contribution in [0.5, 0.6) is 0 Å². The highest BCUT2D eigenvalue weighted by atomic mass is 14.9. The first-order valence-electron chi connectivity index (χ1n) is 6.71. The van der Waals surface area contributed by atoms with Crippen LogP contribution in [-0.4, -0.2) is 12.0 Å². The molecule has 1 unspecified atom stereocenters. The van der Waals surface area contributed by atoms with Crippen molar-refractivity contribution in [2.75, 3.05) is 7.05 Å². The van der Waals surface area contributed by atoms with E-state index in [0.717, 1.165) is 11.4 Å². The van der Waals surface area contributed by atoms with E-state index in [4.69, 9.17) is 0 Å². The number of nitrogens with one attached hydrogen (secondary N) is 1. The summed E-state index contributed by atoms with van der Waals surface area (Å²) in [6.45, 7) is 8.41. The minimum Gasteiger partial charge on any atom is -0.309 e. The lowest BCUT2D eigenvalue weighted by atomic mass is 9.93. The monoisotopic (exact) mass is 254 g/mol. The van der Waals surface area contributed by atoms with Gasteiger partial charge in [0.25, 0.3) is 0 Å². The minimum absolute atomic E-state index is 0.202. The SMILES string of the molecule is CNC(c1ccc(C)cc1C)c1ccc(C)nc1C. The first-order chi connectivity index (χ1) is 9.02. The maximum atomic E-state index is 4.58. The van der Waals surface area contributed by atoms with Crippen LogP contribution < -0.4 is 5.32 Å². The second-order valence-electron chi connectivity index (χ2n) is 5.21. The minimum atomic E-state index is 0.202. The summed E-state index contributed by atoms with van der Waals surface area (Å²) >= 11 is 0. The zero-order chi connectivity index (χ0) is 14.0. The Bertz CT molecular complexity index is 536. The van der Waals surface area contributed by atoms with Gasteiger partial charge in [0, 0.05) is 11.4 Å². The molecule has 0 amide bonds. The maximum Gasteiger partial charge on any atom is 0.0594 e. The molecule has 2 heteroatoms. The second-order valence-corrected chi connectivity index (χ2v) is 5.21. The van der Waals surface area contributed by atoms with Gasteiger partial charge in [0.1, 0.15) is 0 Å². The maximum absolute atomic E-state index is 4.58. The summed E-state index contributed by atoms with van der Waals surface area (Å²) < 4.78 is 0. The molecule has 1 heterocycles. The number of aromatic nitrogens is 1. The molecule has 1 aromatic heterocycles. The molecule has 19 heavy (non-hydrogen) atoms. The standard InChI is InChI=1S/C17H22N2/c1-11-6-8-15(12(2)10-11)17(18-5)16-9-7-13(3)19-14(16)4/h6-10,17-18H,1-5H3. The summed E-state index contributed by atoms with van der Waals surface area (Å²) in [5, 5.41) is 3.42. The average molecular weight is 254 g/mol. The third kappa shape index (κ3) is 2.85.